The maximum Gasteiger partial charge on any atom is 0.148 e. The van der Waals surface area contributed by atoms with Crippen molar-refractivity contribution in [1.29, 1.82) is 0 Å². The molecule has 1 aliphatic rings. The molecule has 2 N–H and O–H groups in total. The zero-order valence-electron chi connectivity index (χ0n) is 21.8. The maximum atomic E-state index is 12.6. The average Bonchev–Trinajstić information content (AvgIpc) is 3.41. The zero-order valence-corrected chi connectivity index (χ0v) is 21.8. The molecule has 1 saturated heterocycles. The summed E-state index contributed by atoms with van der Waals surface area (Å²) in [5, 5.41) is 25.3. The Hall–Kier alpha value is -3.28. The van der Waals surface area contributed by atoms with Gasteiger partial charge in [0.25, 0.3) is 0 Å². The Bertz CT molecular complexity index is 1140. The molecule has 2 atom stereocenters. The minimum Gasteiger partial charge on any atom is -0.378 e. The highest BCUT2D eigenvalue weighted by Gasteiger charge is 2.57. The Balaban J connectivity index is 1.71. The molecule has 4 heteroatoms. The fourth-order valence-electron chi connectivity index (χ4n) is 5.26. The monoisotopic (exact) mass is 494 g/mol. The second-order valence-electron chi connectivity index (χ2n) is 10.3. The van der Waals surface area contributed by atoms with Crippen molar-refractivity contribution >= 4 is 0 Å². The number of hydrogen-bond acceptors (Lipinski definition) is 4. The lowest BCUT2D eigenvalue weighted by atomic mass is 9.71. The standard InChI is InChI=1S/C33H34O4/c1-22-5-13-26(14-6-22)32(34,27-15-7-23(2)8-16-27)30-31(37-21-36-30)33(35,28-17-9-24(3)10-18-28)29-19-11-25(4)12-20-29/h5-20,30-31,34-35H,21H2,1-4H3/t30-,31-/m1/s1. The van der Waals surface area contributed by atoms with E-state index in [1.807, 2.05) is 125 Å². The third-order valence-corrected chi connectivity index (χ3v) is 7.56. The first-order valence-corrected chi connectivity index (χ1v) is 12.7. The van der Waals surface area contributed by atoms with E-state index in [4.69, 9.17) is 9.47 Å². The van der Waals surface area contributed by atoms with Gasteiger partial charge in [-0.05, 0) is 49.9 Å². The maximum absolute atomic E-state index is 12.6. The van der Waals surface area contributed by atoms with Crippen molar-refractivity contribution in [2.75, 3.05) is 6.79 Å². The van der Waals surface area contributed by atoms with Crippen LogP contribution >= 0.6 is 0 Å². The van der Waals surface area contributed by atoms with Crippen LogP contribution in [0.3, 0.4) is 0 Å². The van der Waals surface area contributed by atoms with Gasteiger partial charge in [-0.2, -0.15) is 0 Å². The van der Waals surface area contributed by atoms with Crippen molar-refractivity contribution in [2.24, 2.45) is 0 Å². The van der Waals surface area contributed by atoms with E-state index in [0.717, 1.165) is 22.3 Å². The molecule has 0 aromatic heterocycles. The fourth-order valence-corrected chi connectivity index (χ4v) is 5.26. The van der Waals surface area contributed by atoms with E-state index in [-0.39, 0.29) is 6.79 Å². The van der Waals surface area contributed by atoms with Crippen LogP contribution in [-0.2, 0) is 20.7 Å². The van der Waals surface area contributed by atoms with Gasteiger partial charge in [0.1, 0.15) is 30.2 Å². The Morgan fingerprint density at radius 3 is 0.892 bits per heavy atom. The minimum atomic E-state index is -1.58. The smallest absolute Gasteiger partial charge is 0.148 e. The molecule has 5 rings (SSSR count). The quantitative estimate of drug-likeness (QED) is 0.354. The molecule has 37 heavy (non-hydrogen) atoms. The van der Waals surface area contributed by atoms with Crippen molar-refractivity contribution < 1.29 is 19.7 Å². The molecule has 4 aromatic rings. The van der Waals surface area contributed by atoms with Crippen LogP contribution < -0.4 is 0 Å². The van der Waals surface area contributed by atoms with Crippen LogP contribution in [0.5, 0.6) is 0 Å². The fraction of sp³-hybridized carbons (Fsp3) is 0.273. The van der Waals surface area contributed by atoms with E-state index in [2.05, 4.69) is 0 Å². The van der Waals surface area contributed by atoms with Gasteiger partial charge in [0, 0.05) is 0 Å². The zero-order chi connectivity index (χ0) is 26.2. The molecule has 0 unspecified atom stereocenters. The molecule has 0 amide bonds. The Morgan fingerprint density at radius 2 is 0.676 bits per heavy atom. The molecule has 4 nitrogen and oxygen atoms in total. The molecule has 0 spiro atoms. The lowest BCUT2D eigenvalue weighted by Crippen LogP contribution is -2.55. The molecule has 0 saturated carbocycles. The predicted octanol–water partition coefficient (Wildman–Crippen LogP) is 5.83. The van der Waals surface area contributed by atoms with Gasteiger partial charge in [-0.3, -0.25) is 0 Å². The Labute approximate surface area is 219 Å². The van der Waals surface area contributed by atoms with Gasteiger partial charge in [-0.1, -0.05) is 119 Å². The third-order valence-electron chi connectivity index (χ3n) is 7.56. The SMILES string of the molecule is Cc1ccc(C(O)(c2ccc(C)cc2)[C@@H]2OCO[C@H]2C(O)(c2ccc(C)cc2)c2ccc(C)cc2)cc1. The van der Waals surface area contributed by atoms with Crippen molar-refractivity contribution in [1.82, 2.24) is 0 Å². The van der Waals surface area contributed by atoms with Crippen LogP contribution in [0.15, 0.2) is 97.1 Å². The number of benzene rings is 4. The minimum absolute atomic E-state index is 0.0462. The molecule has 190 valence electrons. The molecule has 1 heterocycles. The second kappa shape index (κ2) is 9.88. The summed E-state index contributed by atoms with van der Waals surface area (Å²) in [7, 11) is 0. The van der Waals surface area contributed by atoms with Crippen LogP contribution in [0.25, 0.3) is 0 Å². The average molecular weight is 495 g/mol. The van der Waals surface area contributed by atoms with Crippen LogP contribution in [-0.4, -0.2) is 29.2 Å². The summed E-state index contributed by atoms with van der Waals surface area (Å²) in [5.74, 6) is 0. The summed E-state index contributed by atoms with van der Waals surface area (Å²) >= 11 is 0. The number of ether oxygens (including phenoxy) is 2. The van der Waals surface area contributed by atoms with Gasteiger partial charge in [-0.15, -0.1) is 0 Å². The molecule has 0 bridgehead atoms. The largest absolute Gasteiger partial charge is 0.378 e. The molecule has 1 aliphatic heterocycles. The van der Waals surface area contributed by atoms with Gasteiger partial charge < -0.3 is 19.7 Å². The van der Waals surface area contributed by atoms with Crippen LogP contribution in [0, 0.1) is 27.7 Å². The first-order chi connectivity index (χ1) is 17.7. The van der Waals surface area contributed by atoms with E-state index in [1.54, 1.807) is 0 Å². The number of aliphatic hydroxyl groups is 2. The van der Waals surface area contributed by atoms with Crippen molar-refractivity contribution in [3.8, 4) is 0 Å². The van der Waals surface area contributed by atoms with Gasteiger partial charge >= 0.3 is 0 Å². The third kappa shape index (κ3) is 4.51. The lowest BCUT2D eigenvalue weighted by molar-refractivity contribution is -0.110. The Kier molecular flexibility index (Phi) is 6.78. The summed E-state index contributed by atoms with van der Waals surface area (Å²) in [4.78, 5) is 0. The summed E-state index contributed by atoms with van der Waals surface area (Å²) < 4.78 is 12.4. The van der Waals surface area contributed by atoms with Crippen molar-refractivity contribution in [3.63, 3.8) is 0 Å². The van der Waals surface area contributed by atoms with Crippen LogP contribution in [0.4, 0.5) is 0 Å². The molecule has 0 aliphatic carbocycles. The highest BCUT2D eigenvalue weighted by molar-refractivity contribution is 5.45. The van der Waals surface area contributed by atoms with E-state index < -0.39 is 23.4 Å². The lowest BCUT2D eigenvalue weighted by Gasteiger charge is -2.42. The first kappa shape index (κ1) is 25.4. The van der Waals surface area contributed by atoms with E-state index >= 15 is 0 Å². The molecular formula is C33H34O4. The van der Waals surface area contributed by atoms with Gasteiger partial charge in [0.15, 0.2) is 0 Å². The van der Waals surface area contributed by atoms with Crippen LogP contribution in [0.1, 0.15) is 44.5 Å². The molecule has 0 radical (unpaired) electrons. The number of rotatable bonds is 6. The van der Waals surface area contributed by atoms with E-state index in [0.29, 0.717) is 22.3 Å². The van der Waals surface area contributed by atoms with Crippen LogP contribution in [0.2, 0.25) is 0 Å². The number of aryl methyl sites for hydroxylation is 4. The summed E-state index contributed by atoms with van der Waals surface area (Å²) in [5.41, 5.74) is 3.91. The van der Waals surface area contributed by atoms with Gasteiger partial charge in [0.05, 0.1) is 0 Å². The topological polar surface area (TPSA) is 58.9 Å². The van der Waals surface area contributed by atoms with Crippen molar-refractivity contribution in [2.45, 2.75) is 51.1 Å². The summed E-state index contributed by atoms with van der Waals surface area (Å²) in [6, 6.07) is 31.2. The summed E-state index contributed by atoms with van der Waals surface area (Å²) in [6.07, 6.45) is -1.80. The van der Waals surface area contributed by atoms with Gasteiger partial charge in [0.2, 0.25) is 0 Å². The molecule has 1 fully saturated rings. The molecular weight excluding hydrogens is 460 g/mol. The Morgan fingerprint density at radius 1 is 0.459 bits per heavy atom. The normalized spacial score (nSPS) is 18.2. The summed E-state index contributed by atoms with van der Waals surface area (Å²) in [6.45, 7) is 8.01. The highest BCUT2D eigenvalue weighted by Crippen LogP contribution is 2.47. The van der Waals surface area contributed by atoms with Gasteiger partial charge in [-0.25, -0.2) is 0 Å². The van der Waals surface area contributed by atoms with E-state index in [1.165, 1.54) is 0 Å². The second-order valence-corrected chi connectivity index (χ2v) is 10.3. The first-order valence-electron chi connectivity index (χ1n) is 12.7. The van der Waals surface area contributed by atoms with E-state index in [9.17, 15) is 10.2 Å². The predicted molar refractivity (Wildman–Crippen MR) is 145 cm³/mol. The molecule has 4 aromatic carbocycles. The highest BCUT2D eigenvalue weighted by atomic mass is 16.7. The van der Waals surface area contributed by atoms with Crippen molar-refractivity contribution in [3.05, 3.63) is 142 Å². The number of hydrogen-bond donors (Lipinski definition) is 2.